The lowest BCUT2D eigenvalue weighted by molar-refractivity contribution is -0.116. The summed E-state index contributed by atoms with van der Waals surface area (Å²) in [6.07, 6.45) is 2.91. The van der Waals surface area contributed by atoms with Crippen LogP contribution in [0.2, 0.25) is 0 Å². The molecule has 0 radical (unpaired) electrons. The van der Waals surface area contributed by atoms with Crippen LogP contribution in [-0.4, -0.2) is 25.1 Å². The van der Waals surface area contributed by atoms with Crippen molar-refractivity contribution in [1.82, 2.24) is 0 Å². The van der Waals surface area contributed by atoms with Crippen LogP contribution in [0.3, 0.4) is 0 Å². The quantitative estimate of drug-likeness (QED) is 0.856. The second kappa shape index (κ2) is 8.06. The Bertz CT molecular complexity index is 710. The Morgan fingerprint density at radius 1 is 1.16 bits per heavy atom. The minimum atomic E-state index is 0.0422. The number of hydrogen-bond acceptors (Lipinski definition) is 3. The highest BCUT2D eigenvalue weighted by atomic mass is 16.5. The number of amides is 1. The Morgan fingerprint density at radius 2 is 1.92 bits per heavy atom. The fourth-order valence-electron chi connectivity index (χ4n) is 3.19. The highest BCUT2D eigenvalue weighted by Crippen LogP contribution is 2.26. The molecular weight excluding hydrogens is 312 g/mol. The second-order valence-electron chi connectivity index (χ2n) is 6.71. The van der Waals surface area contributed by atoms with Crippen LogP contribution in [0.15, 0.2) is 48.5 Å². The molecule has 4 nitrogen and oxygen atoms in total. The van der Waals surface area contributed by atoms with Crippen molar-refractivity contribution >= 4 is 17.3 Å². The molecule has 25 heavy (non-hydrogen) atoms. The molecule has 4 heteroatoms. The van der Waals surface area contributed by atoms with Gasteiger partial charge in [-0.1, -0.05) is 18.2 Å². The van der Waals surface area contributed by atoms with Crippen LogP contribution in [-0.2, 0) is 11.2 Å². The Kier molecular flexibility index (Phi) is 5.59. The molecule has 1 amide bonds. The first kappa shape index (κ1) is 17.3. The van der Waals surface area contributed by atoms with Gasteiger partial charge in [0.15, 0.2) is 0 Å². The summed E-state index contributed by atoms with van der Waals surface area (Å²) < 4.78 is 5.61. The lowest BCUT2D eigenvalue weighted by atomic mass is 10.0. The van der Waals surface area contributed by atoms with Crippen molar-refractivity contribution in [3.8, 4) is 5.75 Å². The van der Waals surface area contributed by atoms with E-state index in [0.29, 0.717) is 6.42 Å². The lowest BCUT2D eigenvalue weighted by Crippen LogP contribution is -2.32. The smallest absolute Gasteiger partial charge is 0.226 e. The van der Waals surface area contributed by atoms with E-state index < -0.39 is 0 Å². The number of anilines is 2. The highest BCUT2D eigenvalue weighted by Gasteiger charge is 2.16. The summed E-state index contributed by atoms with van der Waals surface area (Å²) >= 11 is 0. The van der Waals surface area contributed by atoms with E-state index >= 15 is 0 Å². The van der Waals surface area contributed by atoms with E-state index in [1.165, 1.54) is 11.3 Å². The molecule has 0 aromatic heterocycles. The summed E-state index contributed by atoms with van der Waals surface area (Å²) in [4.78, 5) is 14.6. The average molecular weight is 338 g/mol. The molecule has 1 aliphatic rings. The number of hydrogen-bond donors (Lipinski definition) is 1. The Balaban J connectivity index is 1.52. The average Bonchev–Trinajstić information content (AvgIpc) is 2.61. The number of fused-ring (bicyclic) bond motifs is 1. The third-order valence-electron chi connectivity index (χ3n) is 4.33. The van der Waals surface area contributed by atoms with Crippen LogP contribution in [0.25, 0.3) is 0 Å². The topological polar surface area (TPSA) is 41.6 Å². The van der Waals surface area contributed by atoms with Gasteiger partial charge in [-0.15, -0.1) is 0 Å². The fraction of sp³-hybridized carbons (Fsp3) is 0.381. The standard InChI is InChI=1S/C21H26N2O2/c1-16(2)25-19-11-9-18(10-12-19)22-21(24)13-15-23-14-5-7-17-6-3-4-8-20(17)23/h3-4,6,8-12,16H,5,7,13-15H2,1-2H3,(H,22,24). The number of carbonyl (C=O) groups is 1. The van der Waals surface area contributed by atoms with E-state index in [4.69, 9.17) is 4.74 Å². The molecule has 2 aromatic carbocycles. The van der Waals surface area contributed by atoms with E-state index in [1.807, 2.05) is 38.1 Å². The molecule has 1 heterocycles. The molecule has 1 aliphatic heterocycles. The fourth-order valence-corrected chi connectivity index (χ4v) is 3.19. The van der Waals surface area contributed by atoms with Gasteiger partial charge in [-0.2, -0.15) is 0 Å². The first-order valence-corrected chi connectivity index (χ1v) is 9.01. The Labute approximate surface area is 149 Å². The number of ether oxygens (including phenoxy) is 1. The summed E-state index contributed by atoms with van der Waals surface area (Å²) in [6, 6.07) is 16.0. The number of carbonyl (C=O) groups excluding carboxylic acids is 1. The number of nitrogens with zero attached hydrogens (tertiary/aromatic N) is 1. The van der Waals surface area contributed by atoms with Gasteiger partial charge in [0, 0.05) is 30.9 Å². The third-order valence-corrected chi connectivity index (χ3v) is 4.33. The van der Waals surface area contributed by atoms with Crippen molar-refractivity contribution in [1.29, 1.82) is 0 Å². The molecule has 1 N–H and O–H groups in total. The largest absolute Gasteiger partial charge is 0.491 e. The highest BCUT2D eigenvalue weighted by molar-refractivity contribution is 5.91. The molecule has 0 spiro atoms. The van der Waals surface area contributed by atoms with Gasteiger partial charge in [-0.3, -0.25) is 4.79 Å². The molecule has 2 aromatic rings. The number of rotatable bonds is 6. The maximum atomic E-state index is 12.3. The maximum Gasteiger partial charge on any atom is 0.226 e. The Hall–Kier alpha value is -2.49. The molecule has 0 saturated heterocycles. The van der Waals surface area contributed by atoms with Crippen molar-refractivity contribution in [3.05, 3.63) is 54.1 Å². The summed E-state index contributed by atoms with van der Waals surface area (Å²) in [5, 5.41) is 2.96. The van der Waals surface area contributed by atoms with Gasteiger partial charge < -0.3 is 15.0 Å². The monoisotopic (exact) mass is 338 g/mol. The Morgan fingerprint density at radius 3 is 2.68 bits per heavy atom. The zero-order valence-electron chi connectivity index (χ0n) is 15.0. The molecule has 0 aliphatic carbocycles. The first-order valence-electron chi connectivity index (χ1n) is 9.01. The summed E-state index contributed by atoms with van der Waals surface area (Å²) in [6.45, 7) is 5.76. The van der Waals surface area contributed by atoms with Crippen molar-refractivity contribution in [2.45, 2.75) is 39.2 Å². The van der Waals surface area contributed by atoms with Gasteiger partial charge in [-0.05, 0) is 62.6 Å². The van der Waals surface area contributed by atoms with Gasteiger partial charge in [-0.25, -0.2) is 0 Å². The second-order valence-corrected chi connectivity index (χ2v) is 6.71. The van der Waals surface area contributed by atoms with E-state index in [1.54, 1.807) is 0 Å². The van der Waals surface area contributed by atoms with Crippen molar-refractivity contribution in [2.75, 3.05) is 23.3 Å². The summed E-state index contributed by atoms with van der Waals surface area (Å²) in [5.41, 5.74) is 3.46. The molecule has 0 atom stereocenters. The van der Waals surface area contributed by atoms with E-state index in [9.17, 15) is 4.79 Å². The summed E-state index contributed by atoms with van der Waals surface area (Å²) in [5.74, 6) is 0.860. The van der Waals surface area contributed by atoms with E-state index in [0.717, 1.165) is 37.4 Å². The van der Waals surface area contributed by atoms with Gasteiger partial charge >= 0.3 is 0 Å². The van der Waals surface area contributed by atoms with Crippen molar-refractivity contribution < 1.29 is 9.53 Å². The van der Waals surface area contributed by atoms with Crippen LogP contribution < -0.4 is 15.0 Å². The van der Waals surface area contributed by atoms with Crippen LogP contribution in [0.1, 0.15) is 32.3 Å². The SMILES string of the molecule is CC(C)Oc1ccc(NC(=O)CCN2CCCc3ccccc32)cc1. The summed E-state index contributed by atoms with van der Waals surface area (Å²) in [7, 11) is 0. The molecule has 132 valence electrons. The number of aryl methyl sites for hydroxylation is 1. The molecule has 0 bridgehead atoms. The molecule has 0 fully saturated rings. The van der Waals surface area contributed by atoms with Gasteiger partial charge in [0.2, 0.25) is 5.91 Å². The first-order chi connectivity index (χ1) is 12.1. The van der Waals surface area contributed by atoms with Gasteiger partial charge in [0.25, 0.3) is 0 Å². The zero-order valence-corrected chi connectivity index (χ0v) is 15.0. The van der Waals surface area contributed by atoms with Gasteiger partial charge in [0.05, 0.1) is 6.10 Å². The van der Waals surface area contributed by atoms with Gasteiger partial charge in [0.1, 0.15) is 5.75 Å². The van der Waals surface area contributed by atoms with Crippen molar-refractivity contribution in [2.24, 2.45) is 0 Å². The predicted molar refractivity (Wildman–Crippen MR) is 102 cm³/mol. The minimum Gasteiger partial charge on any atom is -0.491 e. The molecule has 0 unspecified atom stereocenters. The lowest BCUT2D eigenvalue weighted by Gasteiger charge is -2.31. The van der Waals surface area contributed by atoms with Crippen LogP contribution >= 0.6 is 0 Å². The number of para-hydroxylation sites is 1. The normalized spacial score (nSPS) is 13.5. The van der Waals surface area contributed by atoms with E-state index in [2.05, 4.69) is 34.5 Å². The number of nitrogens with one attached hydrogen (secondary N) is 1. The zero-order chi connectivity index (χ0) is 17.6. The third kappa shape index (κ3) is 4.75. The molecular formula is C21H26N2O2. The number of benzene rings is 2. The minimum absolute atomic E-state index is 0.0422. The van der Waals surface area contributed by atoms with E-state index in [-0.39, 0.29) is 12.0 Å². The molecule has 3 rings (SSSR count). The molecule has 0 saturated carbocycles. The van der Waals surface area contributed by atoms with Crippen LogP contribution in [0.5, 0.6) is 5.75 Å². The predicted octanol–water partition coefficient (Wildman–Crippen LogP) is 4.26. The maximum absolute atomic E-state index is 12.3. The van der Waals surface area contributed by atoms with Crippen LogP contribution in [0.4, 0.5) is 11.4 Å². The van der Waals surface area contributed by atoms with Crippen LogP contribution in [0, 0.1) is 0 Å². The van der Waals surface area contributed by atoms with Crippen molar-refractivity contribution in [3.63, 3.8) is 0 Å².